The van der Waals surface area contributed by atoms with Crippen LogP contribution in [-0.4, -0.2) is 16.3 Å². The third kappa shape index (κ3) is 3.51. The number of halogens is 1. The SMILES string of the molecule is CCn1nc(C)c(Cl)c1CNCC1CCCCC1C. The van der Waals surface area contributed by atoms with E-state index in [4.69, 9.17) is 11.6 Å². The molecule has 0 bridgehead atoms. The molecule has 0 radical (unpaired) electrons. The van der Waals surface area contributed by atoms with Crippen LogP contribution in [0.25, 0.3) is 0 Å². The van der Waals surface area contributed by atoms with Gasteiger partial charge in [-0.25, -0.2) is 0 Å². The van der Waals surface area contributed by atoms with Crippen LogP contribution in [0, 0.1) is 18.8 Å². The van der Waals surface area contributed by atoms with E-state index in [2.05, 4.69) is 24.3 Å². The fraction of sp³-hybridized carbons (Fsp3) is 0.800. The molecular weight excluding hydrogens is 258 g/mol. The Labute approximate surface area is 121 Å². The number of nitrogens with one attached hydrogen (secondary N) is 1. The molecular formula is C15H26ClN3. The van der Waals surface area contributed by atoms with Crippen LogP contribution in [0.5, 0.6) is 0 Å². The summed E-state index contributed by atoms with van der Waals surface area (Å²) in [6.45, 7) is 9.28. The standard InChI is InChI=1S/C15H26ClN3/c1-4-19-14(15(16)12(3)18-19)10-17-9-13-8-6-5-7-11(13)2/h11,13,17H,4-10H2,1-3H3. The molecule has 2 unspecified atom stereocenters. The van der Waals surface area contributed by atoms with E-state index in [9.17, 15) is 0 Å². The van der Waals surface area contributed by atoms with E-state index in [0.717, 1.165) is 47.9 Å². The summed E-state index contributed by atoms with van der Waals surface area (Å²) in [7, 11) is 0. The molecule has 2 rings (SSSR count). The number of nitrogens with zero attached hydrogens (tertiary/aromatic N) is 2. The summed E-state index contributed by atoms with van der Waals surface area (Å²) in [6.07, 6.45) is 5.56. The predicted octanol–water partition coefficient (Wildman–Crippen LogP) is 3.78. The topological polar surface area (TPSA) is 29.9 Å². The van der Waals surface area contributed by atoms with E-state index in [1.54, 1.807) is 0 Å². The Hall–Kier alpha value is -0.540. The van der Waals surface area contributed by atoms with Crippen molar-refractivity contribution in [3.63, 3.8) is 0 Å². The van der Waals surface area contributed by atoms with Gasteiger partial charge in [-0.3, -0.25) is 4.68 Å². The molecule has 1 heterocycles. The Morgan fingerprint density at radius 1 is 1.37 bits per heavy atom. The van der Waals surface area contributed by atoms with Gasteiger partial charge in [-0.1, -0.05) is 37.8 Å². The van der Waals surface area contributed by atoms with Gasteiger partial charge in [-0.2, -0.15) is 5.10 Å². The molecule has 1 aliphatic rings. The quantitative estimate of drug-likeness (QED) is 0.891. The average Bonchev–Trinajstić information content (AvgIpc) is 2.68. The van der Waals surface area contributed by atoms with E-state index in [1.165, 1.54) is 25.7 Å². The lowest BCUT2D eigenvalue weighted by molar-refractivity contribution is 0.247. The summed E-state index contributed by atoms with van der Waals surface area (Å²) < 4.78 is 2.01. The first-order valence-electron chi connectivity index (χ1n) is 7.56. The zero-order chi connectivity index (χ0) is 13.8. The fourth-order valence-corrected chi connectivity index (χ4v) is 3.31. The molecule has 0 saturated heterocycles. The van der Waals surface area contributed by atoms with Crippen molar-refractivity contribution in [1.29, 1.82) is 0 Å². The first kappa shape index (κ1) is 14.9. The number of aryl methyl sites for hydroxylation is 2. The number of aromatic nitrogens is 2. The minimum atomic E-state index is 0.825. The predicted molar refractivity (Wildman–Crippen MR) is 80.5 cm³/mol. The largest absolute Gasteiger partial charge is 0.311 e. The Morgan fingerprint density at radius 3 is 2.79 bits per heavy atom. The molecule has 1 aromatic heterocycles. The molecule has 1 aliphatic carbocycles. The normalized spacial score (nSPS) is 23.8. The number of rotatable bonds is 5. The van der Waals surface area contributed by atoms with Gasteiger partial charge >= 0.3 is 0 Å². The van der Waals surface area contributed by atoms with Crippen LogP contribution < -0.4 is 5.32 Å². The third-order valence-electron chi connectivity index (χ3n) is 4.44. The molecule has 4 heteroatoms. The minimum Gasteiger partial charge on any atom is -0.311 e. The molecule has 3 nitrogen and oxygen atoms in total. The van der Waals surface area contributed by atoms with Gasteiger partial charge in [0.05, 0.1) is 16.4 Å². The number of hydrogen-bond acceptors (Lipinski definition) is 2. The summed E-state index contributed by atoms with van der Waals surface area (Å²) in [5, 5.41) is 8.86. The van der Waals surface area contributed by atoms with Crippen molar-refractivity contribution in [2.75, 3.05) is 6.54 Å². The summed E-state index contributed by atoms with van der Waals surface area (Å²) >= 11 is 6.32. The Kier molecular flexibility index (Phi) is 5.28. The molecule has 2 atom stereocenters. The molecule has 108 valence electrons. The van der Waals surface area contributed by atoms with Crippen molar-refractivity contribution in [1.82, 2.24) is 15.1 Å². The molecule has 0 spiro atoms. The molecule has 0 aliphatic heterocycles. The highest BCUT2D eigenvalue weighted by Gasteiger charge is 2.21. The summed E-state index contributed by atoms with van der Waals surface area (Å²) in [4.78, 5) is 0. The van der Waals surface area contributed by atoms with Crippen molar-refractivity contribution in [3.05, 3.63) is 16.4 Å². The maximum Gasteiger partial charge on any atom is 0.0860 e. The molecule has 0 amide bonds. The van der Waals surface area contributed by atoms with Crippen molar-refractivity contribution >= 4 is 11.6 Å². The Bertz CT molecular complexity index is 414. The first-order valence-corrected chi connectivity index (χ1v) is 7.93. The second kappa shape index (κ2) is 6.76. The van der Waals surface area contributed by atoms with Crippen LogP contribution in [0.4, 0.5) is 0 Å². The van der Waals surface area contributed by atoms with Gasteiger partial charge < -0.3 is 5.32 Å². The van der Waals surface area contributed by atoms with Crippen molar-refractivity contribution < 1.29 is 0 Å². The minimum absolute atomic E-state index is 0.825. The monoisotopic (exact) mass is 283 g/mol. The number of hydrogen-bond donors (Lipinski definition) is 1. The van der Waals surface area contributed by atoms with Gasteiger partial charge in [-0.15, -0.1) is 0 Å². The van der Waals surface area contributed by atoms with Crippen LogP contribution in [0.15, 0.2) is 0 Å². The molecule has 19 heavy (non-hydrogen) atoms. The lowest BCUT2D eigenvalue weighted by Crippen LogP contribution is -2.29. The molecule has 0 aromatic carbocycles. The first-order chi connectivity index (χ1) is 9.13. The van der Waals surface area contributed by atoms with Crippen LogP contribution in [0.3, 0.4) is 0 Å². The summed E-state index contributed by atoms with van der Waals surface area (Å²) in [5.41, 5.74) is 2.07. The maximum atomic E-state index is 6.32. The second-order valence-corrected chi connectivity index (χ2v) is 6.19. The lowest BCUT2D eigenvalue weighted by Gasteiger charge is -2.28. The highest BCUT2D eigenvalue weighted by molar-refractivity contribution is 6.31. The van der Waals surface area contributed by atoms with E-state index in [-0.39, 0.29) is 0 Å². The van der Waals surface area contributed by atoms with Gasteiger partial charge in [0, 0.05) is 13.1 Å². The van der Waals surface area contributed by atoms with Crippen LogP contribution in [-0.2, 0) is 13.1 Å². The molecule has 1 N–H and O–H groups in total. The van der Waals surface area contributed by atoms with Crippen molar-refractivity contribution in [2.45, 2.75) is 59.5 Å². The van der Waals surface area contributed by atoms with E-state index in [1.807, 2.05) is 11.6 Å². The lowest BCUT2D eigenvalue weighted by atomic mass is 9.80. The zero-order valence-electron chi connectivity index (χ0n) is 12.4. The van der Waals surface area contributed by atoms with Gasteiger partial charge in [0.15, 0.2) is 0 Å². The highest BCUT2D eigenvalue weighted by Crippen LogP contribution is 2.29. The maximum absolute atomic E-state index is 6.32. The van der Waals surface area contributed by atoms with Gasteiger partial charge in [0.2, 0.25) is 0 Å². The van der Waals surface area contributed by atoms with E-state index in [0.29, 0.717) is 0 Å². The average molecular weight is 284 g/mol. The Balaban J connectivity index is 1.88. The van der Waals surface area contributed by atoms with Crippen molar-refractivity contribution in [2.24, 2.45) is 11.8 Å². The fourth-order valence-electron chi connectivity index (χ4n) is 3.11. The van der Waals surface area contributed by atoms with Gasteiger partial charge in [-0.05, 0) is 38.6 Å². The van der Waals surface area contributed by atoms with E-state index >= 15 is 0 Å². The summed E-state index contributed by atoms with van der Waals surface area (Å²) in [5.74, 6) is 1.68. The zero-order valence-corrected chi connectivity index (χ0v) is 13.1. The Morgan fingerprint density at radius 2 is 2.11 bits per heavy atom. The highest BCUT2D eigenvalue weighted by atomic mass is 35.5. The van der Waals surface area contributed by atoms with Gasteiger partial charge in [0.1, 0.15) is 0 Å². The van der Waals surface area contributed by atoms with Crippen LogP contribution in [0.2, 0.25) is 5.02 Å². The smallest absolute Gasteiger partial charge is 0.0860 e. The van der Waals surface area contributed by atoms with Crippen molar-refractivity contribution in [3.8, 4) is 0 Å². The summed E-state index contributed by atoms with van der Waals surface area (Å²) in [6, 6.07) is 0. The van der Waals surface area contributed by atoms with E-state index < -0.39 is 0 Å². The van der Waals surface area contributed by atoms with Crippen LogP contribution >= 0.6 is 11.6 Å². The van der Waals surface area contributed by atoms with Gasteiger partial charge in [0.25, 0.3) is 0 Å². The molecule has 1 fully saturated rings. The molecule has 1 aromatic rings. The van der Waals surface area contributed by atoms with Crippen LogP contribution in [0.1, 0.15) is 50.9 Å². The second-order valence-electron chi connectivity index (χ2n) is 5.81. The third-order valence-corrected chi connectivity index (χ3v) is 4.93. The molecule has 1 saturated carbocycles.